The Balaban J connectivity index is 1.75. The SMILES string of the molecule is CC(C)NS(=O)(=O)C1CCN(c2nc(-c3ccccc3Cl)cs2)C1. The number of hydrogen-bond donors (Lipinski definition) is 1. The van der Waals surface area contributed by atoms with Crippen molar-refractivity contribution in [3.05, 3.63) is 34.7 Å². The van der Waals surface area contributed by atoms with Crippen molar-refractivity contribution in [2.75, 3.05) is 18.0 Å². The van der Waals surface area contributed by atoms with Crippen LogP contribution in [0.25, 0.3) is 11.3 Å². The molecule has 0 bridgehead atoms. The normalized spacial score (nSPS) is 18.5. The van der Waals surface area contributed by atoms with Gasteiger partial charge in [-0.3, -0.25) is 0 Å². The van der Waals surface area contributed by atoms with Crippen LogP contribution in [-0.2, 0) is 10.0 Å². The Morgan fingerprint density at radius 3 is 2.83 bits per heavy atom. The lowest BCUT2D eigenvalue weighted by atomic mass is 10.2. The lowest BCUT2D eigenvalue weighted by Crippen LogP contribution is -2.39. The number of sulfonamides is 1. The van der Waals surface area contributed by atoms with Gasteiger partial charge in [-0.2, -0.15) is 0 Å². The summed E-state index contributed by atoms with van der Waals surface area (Å²) in [5.74, 6) is 0. The Labute approximate surface area is 151 Å². The van der Waals surface area contributed by atoms with Crippen LogP contribution in [0.15, 0.2) is 29.6 Å². The summed E-state index contributed by atoms with van der Waals surface area (Å²) in [5.41, 5.74) is 1.72. The molecule has 1 fully saturated rings. The first-order valence-electron chi connectivity index (χ1n) is 7.83. The third-order valence-electron chi connectivity index (χ3n) is 3.90. The number of thiazole rings is 1. The van der Waals surface area contributed by atoms with Gasteiger partial charge in [0.15, 0.2) is 5.13 Å². The number of aromatic nitrogens is 1. The second-order valence-corrected chi connectivity index (χ2v) is 9.41. The summed E-state index contributed by atoms with van der Waals surface area (Å²) < 4.78 is 27.3. The van der Waals surface area contributed by atoms with Crippen molar-refractivity contribution in [1.29, 1.82) is 0 Å². The fraction of sp³-hybridized carbons (Fsp3) is 0.438. The Hall–Kier alpha value is -1.15. The van der Waals surface area contributed by atoms with Gasteiger partial charge in [0, 0.05) is 35.1 Å². The second-order valence-electron chi connectivity index (χ2n) is 6.17. The molecule has 0 spiro atoms. The molecule has 1 atom stereocenters. The lowest BCUT2D eigenvalue weighted by molar-refractivity contribution is 0.557. The van der Waals surface area contributed by atoms with E-state index in [4.69, 9.17) is 11.6 Å². The first-order chi connectivity index (χ1) is 11.4. The molecule has 5 nitrogen and oxygen atoms in total. The first-order valence-corrected chi connectivity index (χ1v) is 10.6. The number of halogens is 1. The van der Waals surface area contributed by atoms with E-state index in [1.807, 2.05) is 48.4 Å². The fourth-order valence-electron chi connectivity index (χ4n) is 2.78. The summed E-state index contributed by atoms with van der Waals surface area (Å²) in [7, 11) is -3.29. The van der Waals surface area contributed by atoms with E-state index in [0.717, 1.165) is 16.4 Å². The molecule has 130 valence electrons. The van der Waals surface area contributed by atoms with Crippen LogP contribution in [0.3, 0.4) is 0 Å². The highest BCUT2D eigenvalue weighted by atomic mass is 35.5. The van der Waals surface area contributed by atoms with Gasteiger partial charge >= 0.3 is 0 Å². The average molecular weight is 386 g/mol. The Bertz CT molecular complexity index is 820. The van der Waals surface area contributed by atoms with Crippen molar-refractivity contribution < 1.29 is 8.42 Å². The van der Waals surface area contributed by atoms with Crippen LogP contribution >= 0.6 is 22.9 Å². The molecule has 1 aliphatic heterocycles. The standard InChI is InChI=1S/C16H20ClN3O2S2/c1-11(2)19-24(21,22)12-7-8-20(9-12)16-18-15(10-23-16)13-5-3-4-6-14(13)17/h3-6,10-12,19H,7-9H2,1-2H3. The maximum Gasteiger partial charge on any atom is 0.216 e. The quantitative estimate of drug-likeness (QED) is 0.857. The maximum atomic E-state index is 12.3. The van der Waals surface area contributed by atoms with Crippen LogP contribution in [0.2, 0.25) is 5.02 Å². The van der Waals surface area contributed by atoms with Crippen LogP contribution in [-0.4, -0.2) is 37.8 Å². The van der Waals surface area contributed by atoms with Crippen molar-refractivity contribution >= 4 is 38.1 Å². The van der Waals surface area contributed by atoms with Gasteiger partial charge in [0.2, 0.25) is 10.0 Å². The summed E-state index contributed by atoms with van der Waals surface area (Å²) in [6, 6.07) is 7.50. The van der Waals surface area contributed by atoms with Gasteiger partial charge in [-0.25, -0.2) is 18.1 Å². The van der Waals surface area contributed by atoms with Crippen LogP contribution < -0.4 is 9.62 Å². The van der Waals surface area contributed by atoms with E-state index in [-0.39, 0.29) is 6.04 Å². The summed E-state index contributed by atoms with van der Waals surface area (Å²) in [4.78, 5) is 6.68. The van der Waals surface area contributed by atoms with E-state index in [1.165, 1.54) is 11.3 Å². The maximum absolute atomic E-state index is 12.3. The van der Waals surface area contributed by atoms with Crippen molar-refractivity contribution in [2.24, 2.45) is 0 Å². The van der Waals surface area contributed by atoms with Crippen molar-refractivity contribution in [3.63, 3.8) is 0 Å². The van der Waals surface area contributed by atoms with E-state index in [2.05, 4.69) is 9.71 Å². The Kier molecular flexibility index (Phi) is 5.15. The Morgan fingerprint density at radius 1 is 1.38 bits per heavy atom. The molecule has 0 aliphatic carbocycles. The number of nitrogens with one attached hydrogen (secondary N) is 1. The highest BCUT2D eigenvalue weighted by molar-refractivity contribution is 7.90. The summed E-state index contributed by atoms with van der Waals surface area (Å²) in [5, 5.41) is 3.07. The van der Waals surface area contributed by atoms with Crippen molar-refractivity contribution in [3.8, 4) is 11.3 Å². The predicted octanol–water partition coefficient (Wildman–Crippen LogP) is 3.37. The monoisotopic (exact) mass is 385 g/mol. The van der Waals surface area contributed by atoms with Gasteiger partial charge in [-0.05, 0) is 26.3 Å². The van der Waals surface area contributed by atoms with Gasteiger partial charge in [0.25, 0.3) is 0 Å². The summed E-state index contributed by atoms with van der Waals surface area (Å²) >= 11 is 7.74. The van der Waals surface area contributed by atoms with E-state index in [9.17, 15) is 8.42 Å². The van der Waals surface area contributed by atoms with Crippen LogP contribution in [0.4, 0.5) is 5.13 Å². The second kappa shape index (κ2) is 7.00. The molecule has 1 unspecified atom stereocenters. The number of nitrogens with zero attached hydrogens (tertiary/aromatic N) is 2. The molecule has 1 aromatic carbocycles. The molecule has 24 heavy (non-hydrogen) atoms. The number of benzene rings is 1. The zero-order valence-electron chi connectivity index (χ0n) is 13.6. The molecule has 1 saturated heterocycles. The van der Waals surface area contributed by atoms with Crippen LogP contribution in [0.1, 0.15) is 20.3 Å². The highest BCUT2D eigenvalue weighted by Gasteiger charge is 2.34. The third kappa shape index (κ3) is 3.74. The molecular formula is C16H20ClN3O2S2. The molecular weight excluding hydrogens is 366 g/mol. The molecule has 8 heteroatoms. The van der Waals surface area contributed by atoms with Gasteiger partial charge in [0.1, 0.15) is 0 Å². The van der Waals surface area contributed by atoms with E-state index >= 15 is 0 Å². The van der Waals surface area contributed by atoms with Gasteiger partial charge in [-0.1, -0.05) is 29.8 Å². The molecule has 0 radical (unpaired) electrons. The van der Waals surface area contributed by atoms with Crippen molar-refractivity contribution in [1.82, 2.24) is 9.71 Å². The zero-order chi connectivity index (χ0) is 17.3. The average Bonchev–Trinajstić information content (AvgIpc) is 3.16. The number of anilines is 1. The van der Waals surface area contributed by atoms with Gasteiger partial charge in [-0.15, -0.1) is 11.3 Å². The molecule has 3 rings (SSSR count). The summed E-state index contributed by atoms with van der Waals surface area (Å²) in [6.45, 7) is 4.83. The molecule has 2 aromatic rings. The first kappa shape index (κ1) is 17.7. The van der Waals surface area contributed by atoms with Gasteiger partial charge in [0.05, 0.1) is 10.9 Å². The Morgan fingerprint density at radius 2 is 2.12 bits per heavy atom. The van der Waals surface area contributed by atoms with Gasteiger partial charge < -0.3 is 4.90 Å². The van der Waals surface area contributed by atoms with Crippen LogP contribution in [0, 0.1) is 0 Å². The molecule has 1 aliphatic rings. The van der Waals surface area contributed by atoms with E-state index in [1.54, 1.807) is 0 Å². The summed E-state index contributed by atoms with van der Waals surface area (Å²) in [6.07, 6.45) is 0.614. The largest absolute Gasteiger partial charge is 0.347 e. The molecule has 0 amide bonds. The smallest absolute Gasteiger partial charge is 0.216 e. The topological polar surface area (TPSA) is 62.3 Å². The minimum absolute atomic E-state index is 0.0873. The highest BCUT2D eigenvalue weighted by Crippen LogP contribution is 2.33. The fourth-order valence-corrected chi connectivity index (χ4v) is 5.52. The van der Waals surface area contributed by atoms with Crippen LogP contribution in [0.5, 0.6) is 0 Å². The van der Waals surface area contributed by atoms with E-state index in [0.29, 0.717) is 24.5 Å². The minimum atomic E-state index is -3.29. The molecule has 1 N–H and O–H groups in total. The minimum Gasteiger partial charge on any atom is -0.347 e. The number of rotatable bonds is 5. The predicted molar refractivity (Wildman–Crippen MR) is 100 cm³/mol. The molecule has 0 saturated carbocycles. The molecule has 1 aromatic heterocycles. The van der Waals surface area contributed by atoms with E-state index < -0.39 is 15.3 Å². The van der Waals surface area contributed by atoms with Crippen molar-refractivity contribution in [2.45, 2.75) is 31.6 Å². The number of hydrogen-bond acceptors (Lipinski definition) is 5. The third-order valence-corrected chi connectivity index (χ3v) is 7.19. The zero-order valence-corrected chi connectivity index (χ0v) is 16.0. The lowest BCUT2D eigenvalue weighted by Gasteiger charge is -2.17. The molecule has 2 heterocycles.